The second kappa shape index (κ2) is 10.5. The maximum absolute atomic E-state index is 13.1. The predicted molar refractivity (Wildman–Crippen MR) is 129 cm³/mol. The topological polar surface area (TPSA) is 106 Å². The van der Waals surface area contributed by atoms with E-state index in [9.17, 15) is 14.4 Å². The van der Waals surface area contributed by atoms with Crippen molar-refractivity contribution >= 4 is 35.0 Å². The minimum absolute atomic E-state index is 0.184. The van der Waals surface area contributed by atoms with E-state index in [2.05, 4.69) is 15.6 Å². The number of likely N-dealkylation sites (tertiary alicyclic amines) is 1. The molecule has 1 aromatic carbocycles. The van der Waals surface area contributed by atoms with Crippen LogP contribution in [-0.4, -0.2) is 51.7 Å². The largest absolute Gasteiger partial charge is 0.377 e. The van der Waals surface area contributed by atoms with Gasteiger partial charge in [0.05, 0.1) is 18.0 Å². The number of anilines is 2. The highest BCUT2D eigenvalue weighted by atomic mass is 35.5. The normalized spacial score (nSPS) is 17.4. The Hall–Kier alpha value is -3.69. The summed E-state index contributed by atoms with van der Waals surface area (Å²) in [4.78, 5) is 43.7. The first-order valence-corrected chi connectivity index (χ1v) is 11.2. The van der Waals surface area contributed by atoms with Gasteiger partial charge in [-0.3, -0.25) is 14.2 Å². The molecule has 10 heteroatoms. The highest BCUT2D eigenvalue weighted by Gasteiger charge is 2.40. The van der Waals surface area contributed by atoms with Gasteiger partial charge in [0.2, 0.25) is 5.91 Å². The van der Waals surface area contributed by atoms with E-state index in [0.29, 0.717) is 35.2 Å². The molecule has 2 unspecified atom stereocenters. The Morgan fingerprint density at radius 2 is 1.91 bits per heavy atom. The van der Waals surface area contributed by atoms with Crippen molar-refractivity contribution in [2.75, 3.05) is 23.8 Å². The van der Waals surface area contributed by atoms with Crippen LogP contribution >= 0.6 is 11.6 Å². The van der Waals surface area contributed by atoms with Gasteiger partial charge < -0.3 is 20.3 Å². The van der Waals surface area contributed by atoms with Crippen LogP contribution in [0.1, 0.15) is 13.3 Å². The molecule has 1 aliphatic heterocycles. The average Bonchev–Trinajstić information content (AvgIpc) is 3.26. The second-order valence-electron chi connectivity index (χ2n) is 7.72. The van der Waals surface area contributed by atoms with Crippen LogP contribution < -0.4 is 16.2 Å². The first kappa shape index (κ1) is 23.5. The van der Waals surface area contributed by atoms with Gasteiger partial charge in [0.1, 0.15) is 11.9 Å². The molecule has 4 rings (SSSR count). The van der Waals surface area contributed by atoms with E-state index < -0.39 is 12.1 Å². The summed E-state index contributed by atoms with van der Waals surface area (Å²) in [5, 5.41) is 6.12. The smallest absolute Gasteiger partial charge is 0.322 e. The van der Waals surface area contributed by atoms with E-state index in [1.165, 1.54) is 21.7 Å². The summed E-state index contributed by atoms with van der Waals surface area (Å²) < 4.78 is 7.14. The van der Waals surface area contributed by atoms with Crippen molar-refractivity contribution in [1.82, 2.24) is 14.5 Å². The number of hydrogen-bond donors (Lipinski definition) is 2. The monoisotopic (exact) mass is 481 g/mol. The summed E-state index contributed by atoms with van der Waals surface area (Å²) in [6.45, 7) is 2.64. The summed E-state index contributed by atoms with van der Waals surface area (Å²) in [6.07, 6.45) is 3.25. The van der Waals surface area contributed by atoms with Crippen LogP contribution in [0.15, 0.2) is 71.8 Å². The van der Waals surface area contributed by atoms with Crippen molar-refractivity contribution < 1.29 is 14.3 Å². The fraction of sp³-hybridized carbons (Fsp3) is 0.250. The zero-order valence-electron chi connectivity index (χ0n) is 18.5. The van der Waals surface area contributed by atoms with Crippen LogP contribution in [-0.2, 0) is 9.53 Å². The van der Waals surface area contributed by atoms with E-state index in [4.69, 9.17) is 16.3 Å². The number of hydrogen-bond acceptors (Lipinski definition) is 5. The molecule has 1 fully saturated rings. The van der Waals surface area contributed by atoms with E-state index in [1.54, 1.807) is 54.7 Å². The Bertz CT molecular complexity index is 1210. The van der Waals surface area contributed by atoms with E-state index in [0.717, 1.165) is 0 Å². The van der Waals surface area contributed by atoms with Gasteiger partial charge in [-0.25, -0.2) is 9.78 Å². The molecular formula is C24H24ClN5O4. The summed E-state index contributed by atoms with van der Waals surface area (Å²) in [5.41, 5.74) is 0.961. The van der Waals surface area contributed by atoms with Crippen LogP contribution in [0.5, 0.6) is 0 Å². The Morgan fingerprint density at radius 1 is 1.12 bits per heavy atom. The second-order valence-corrected chi connectivity index (χ2v) is 8.15. The van der Waals surface area contributed by atoms with Crippen molar-refractivity contribution in [3.63, 3.8) is 0 Å². The summed E-state index contributed by atoms with van der Waals surface area (Å²) >= 11 is 5.91. The number of amides is 3. The van der Waals surface area contributed by atoms with E-state index >= 15 is 0 Å². The SMILES string of the molecule is CCOC1CC(C(=O)Nc2ccc(-n3ccccc3=O)cn2)N(C(=O)Nc2ccc(Cl)cc2)C1. The molecule has 3 aromatic rings. The predicted octanol–water partition coefficient (Wildman–Crippen LogP) is 3.54. The maximum Gasteiger partial charge on any atom is 0.322 e. The Kier molecular flexibility index (Phi) is 7.24. The van der Waals surface area contributed by atoms with Gasteiger partial charge in [-0.2, -0.15) is 0 Å². The Labute approximate surface area is 201 Å². The van der Waals surface area contributed by atoms with Crippen molar-refractivity contribution in [2.45, 2.75) is 25.5 Å². The van der Waals surface area contributed by atoms with Crippen molar-refractivity contribution in [3.05, 3.63) is 82.4 Å². The standard InChI is InChI=1S/C24H24ClN5O4/c1-2-34-19-13-20(30(15-19)24(33)27-17-8-6-16(25)7-9-17)23(32)28-21-11-10-18(14-26-21)29-12-4-3-5-22(29)31/h3-12,14,19-20H,2,13,15H2,1H3,(H,27,33)(H,26,28,32). The Morgan fingerprint density at radius 3 is 2.59 bits per heavy atom. The van der Waals surface area contributed by atoms with Crippen LogP contribution in [0.4, 0.5) is 16.3 Å². The third-order valence-corrected chi connectivity index (χ3v) is 5.68. The summed E-state index contributed by atoms with van der Waals surface area (Å²) in [5.74, 6) is -0.0544. The number of aromatic nitrogens is 2. The highest BCUT2D eigenvalue weighted by molar-refractivity contribution is 6.30. The molecule has 0 aliphatic carbocycles. The minimum Gasteiger partial charge on any atom is -0.377 e. The summed E-state index contributed by atoms with van der Waals surface area (Å²) in [6, 6.07) is 13.7. The van der Waals surface area contributed by atoms with Crippen LogP contribution in [0.2, 0.25) is 5.02 Å². The molecule has 34 heavy (non-hydrogen) atoms. The first-order valence-electron chi connectivity index (χ1n) is 10.8. The van der Waals surface area contributed by atoms with Gasteiger partial charge in [-0.1, -0.05) is 17.7 Å². The molecule has 3 amide bonds. The van der Waals surface area contributed by atoms with Crippen LogP contribution in [0.3, 0.4) is 0 Å². The van der Waals surface area contributed by atoms with Crippen LogP contribution in [0.25, 0.3) is 5.69 Å². The number of carbonyl (C=O) groups excluding carboxylic acids is 2. The fourth-order valence-corrected chi connectivity index (χ4v) is 3.93. The van der Waals surface area contributed by atoms with Gasteiger partial charge in [0, 0.05) is 42.5 Å². The third kappa shape index (κ3) is 5.44. The molecule has 176 valence electrons. The van der Waals surface area contributed by atoms with Crippen molar-refractivity contribution in [2.24, 2.45) is 0 Å². The zero-order valence-corrected chi connectivity index (χ0v) is 19.2. The molecule has 2 N–H and O–H groups in total. The molecule has 3 heterocycles. The number of pyridine rings is 2. The van der Waals surface area contributed by atoms with Crippen molar-refractivity contribution in [1.29, 1.82) is 0 Å². The van der Waals surface area contributed by atoms with Gasteiger partial charge in [0.15, 0.2) is 0 Å². The first-order chi connectivity index (χ1) is 16.4. The molecule has 1 saturated heterocycles. The van der Waals surface area contributed by atoms with Crippen molar-refractivity contribution in [3.8, 4) is 5.69 Å². The number of carbonyl (C=O) groups is 2. The quantitative estimate of drug-likeness (QED) is 0.560. The van der Waals surface area contributed by atoms with Gasteiger partial charge in [-0.15, -0.1) is 0 Å². The number of urea groups is 1. The third-order valence-electron chi connectivity index (χ3n) is 5.42. The molecule has 2 aromatic heterocycles. The number of ether oxygens (including phenoxy) is 1. The van der Waals surface area contributed by atoms with Gasteiger partial charge in [-0.05, 0) is 49.4 Å². The molecule has 0 saturated carbocycles. The zero-order chi connectivity index (χ0) is 24.1. The number of halogens is 1. The molecular weight excluding hydrogens is 458 g/mol. The number of nitrogens with one attached hydrogen (secondary N) is 2. The molecule has 0 bridgehead atoms. The number of rotatable bonds is 6. The molecule has 0 radical (unpaired) electrons. The highest BCUT2D eigenvalue weighted by Crippen LogP contribution is 2.24. The van der Waals surface area contributed by atoms with E-state index in [-0.39, 0.29) is 24.1 Å². The molecule has 9 nitrogen and oxygen atoms in total. The lowest BCUT2D eigenvalue weighted by molar-refractivity contribution is -0.119. The lowest BCUT2D eigenvalue weighted by Gasteiger charge is -2.24. The number of benzene rings is 1. The number of nitrogens with zero attached hydrogens (tertiary/aromatic N) is 3. The minimum atomic E-state index is -0.734. The van der Waals surface area contributed by atoms with E-state index in [1.807, 2.05) is 6.92 Å². The molecule has 1 aliphatic rings. The van der Waals surface area contributed by atoms with Gasteiger partial charge in [0.25, 0.3) is 5.56 Å². The Balaban J connectivity index is 1.47. The molecule has 2 atom stereocenters. The lowest BCUT2D eigenvalue weighted by Crippen LogP contribution is -2.45. The van der Waals surface area contributed by atoms with Crippen LogP contribution in [0, 0.1) is 0 Å². The van der Waals surface area contributed by atoms with Gasteiger partial charge >= 0.3 is 6.03 Å². The lowest BCUT2D eigenvalue weighted by atomic mass is 10.2. The maximum atomic E-state index is 13.1. The fourth-order valence-electron chi connectivity index (χ4n) is 3.81. The average molecular weight is 482 g/mol. The molecule has 0 spiro atoms. The summed E-state index contributed by atoms with van der Waals surface area (Å²) in [7, 11) is 0.